The number of phosphoric ester groups is 1. The van der Waals surface area contributed by atoms with Crippen LogP contribution in [0, 0.1) is 0 Å². The Morgan fingerprint density at radius 1 is 1.06 bits per heavy atom. The van der Waals surface area contributed by atoms with Gasteiger partial charge in [-0.25, -0.2) is 4.57 Å². The molecule has 102 valence electrons. The Labute approximate surface area is 103 Å². The fourth-order valence-electron chi connectivity index (χ4n) is 1.33. The molecule has 0 aromatic heterocycles. The Morgan fingerprint density at radius 2 is 1.65 bits per heavy atom. The minimum atomic E-state index is -3.51. The van der Waals surface area contributed by atoms with Crippen LogP contribution in [0.4, 0.5) is 0 Å². The lowest BCUT2D eigenvalue weighted by atomic mass is 10.1. The van der Waals surface area contributed by atoms with Crippen molar-refractivity contribution < 1.29 is 22.9 Å². The van der Waals surface area contributed by atoms with Gasteiger partial charge in [-0.15, -0.1) is 0 Å². The number of carbonyl (C=O) groups excluding carboxylic acids is 1. The minimum Gasteiger partial charge on any atom is -0.297 e. The Balaban J connectivity index is 3.62. The molecular formula is C11H23O5P. The molecule has 0 rings (SSSR count). The molecule has 0 spiro atoms. The zero-order chi connectivity index (χ0) is 13.1. The quantitative estimate of drug-likeness (QED) is 0.424. The van der Waals surface area contributed by atoms with Gasteiger partial charge in [-0.05, 0) is 6.42 Å². The van der Waals surface area contributed by atoms with Crippen molar-refractivity contribution in [3.05, 3.63) is 0 Å². The summed E-state index contributed by atoms with van der Waals surface area (Å²) in [6.07, 6.45) is 5.89. The van der Waals surface area contributed by atoms with Crippen LogP contribution in [0.5, 0.6) is 0 Å². The second kappa shape index (κ2) is 9.77. The van der Waals surface area contributed by atoms with Gasteiger partial charge in [-0.2, -0.15) is 0 Å². The first-order valence-electron chi connectivity index (χ1n) is 5.95. The number of rotatable bonds is 11. The van der Waals surface area contributed by atoms with Gasteiger partial charge in [0.2, 0.25) is 0 Å². The third kappa shape index (κ3) is 8.50. The van der Waals surface area contributed by atoms with Crippen LogP contribution >= 0.6 is 7.82 Å². The first-order chi connectivity index (χ1) is 8.08. The van der Waals surface area contributed by atoms with E-state index in [1.165, 1.54) is 27.1 Å². The predicted molar refractivity (Wildman–Crippen MR) is 66.0 cm³/mol. The maximum absolute atomic E-state index is 11.5. The predicted octanol–water partition coefficient (Wildman–Crippen LogP) is 3.33. The standard InChI is InChI=1S/C11H23O5P/c1-4-5-6-7-8-9-11(12)10-16-17(13,14-2)15-3/h4-10H2,1-3H3. The van der Waals surface area contributed by atoms with Gasteiger partial charge in [0.25, 0.3) is 0 Å². The molecule has 0 radical (unpaired) electrons. The van der Waals surface area contributed by atoms with Crippen LogP contribution in [0.1, 0.15) is 45.4 Å². The van der Waals surface area contributed by atoms with Gasteiger partial charge in [0.1, 0.15) is 6.61 Å². The molecule has 0 fully saturated rings. The third-order valence-electron chi connectivity index (χ3n) is 2.39. The molecule has 0 aromatic rings. The second-order valence-corrected chi connectivity index (χ2v) is 5.67. The molecule has 0 saturated carbocycles. The van der Waals surface area contributed by atoms with E-state index in [2.05, 4.69) is 16.0 Å². The molecule has 17 heavy (non-hydrogen) atoms. The largest absolute Gasteiger partial charge is 0.474 e. The molecule has 0 aliphatic carbocycles. The maximum atomic E-state index is 11.5. The van der Waals surface area contributed by atoms with E-state index in [-0.39, 0.29) is 12.4 Å². The van der Waals surface area contributed by atoms with Crippen molar-refractivity contribution in [1.29, 1.82) is 0 Å². The van der Waals surface area contributed by atoms with Gasteiger partial charge in [-0.1, -0.05) is 32.6 Å². The Hall–Kier alpha value is -0.220. The zero-order valence-electron chi connectivity index (χ0n) is 10.9. The SMILES string of the molecule is CCCCCCCC(=O)COP(=O)(OC)OC. The van der Waals surface area contributed by atoms with Crippen LogP contribution in [0.15, 0.2) is 0 Å². The number of unbranched alkanes of at least 4 members (excludes halogenated alkanes) is 4. The second-order valence-electron chi connectivity index (χ2n) is 3.79. The maximum Gasteiger partial charge on any atom is 0.474 e. The summed E-state index contributed by atoms with van der Waals surface area (Å²) in [7, 11) is -1.06. The molecule has 5 nitrogen and oxygen atoms in total. The lowest BCUT2D eigenvalue weighted by Gasteiger charge is -2.12. The average molecular weight is 266 g/mol. The van der Waals surface area contributed by atoms with E-state index in [9.17, 15) is 9.36 Å². The summed E-state index contributed by atoms with van der Waals surface area (Å²) in [5.74, 6) is -0.0733. The van der Waals surface area contributed by atoms with E-state index < -0.39 is 7.82 Å². The van der Waals surface area contributed by atoms with Crippen molar-refractivity contribution in [2.24, 2.45) is 0 Å². The highest BCUT2D eigenvalue weighted by atomic mass is 31.2. The van der Waals surface area contributed by atoms with Crippen LogP contribution in [0.3, 0.4) is 0 Å². The highest BCUT2D eigenvalue weighted by molar-refractivity contribution is 7.48. The van der Waals surface area contributed by atoms with E-state index in [0.29, 0.717) is 6.42 Å². The Bertz CT molecular complexity index is 246. The molecule has 0 bridgehead atoms. The number of hydrogen-bond donors (Lipinski definition) is 0. The van der Waals surface area contributed by atoms with Crippen molar-refractivity contribution in [2.75, 3.05) is 20.8 Å². The summed E-state index contributed by atoms with van der Waals surface area (Å²) in [5, 5.41) is 0. The highest BCUT2D eigenvalue weighted by Gasteiger charge is 2.23. The van der Waals surface area contributed by atoms with E-state index in [4.69, 9.17) is 4.52 Å². The first kappa shape index (κ1) is 16.8. The molecule has 0 unspecified atom stereocenters. The Morgan fingerprint density at radius 3 is 2.18 bits per heavy atom. The van der Waals surface area contributed by atoms with Gasteiger partial charge in [0.05, 0.1) is 0 Å². The molecule has 0 aliphatic rings. The first-order valence-corrected chi connectivity index (χ1v) is 7.41. The van der Waals surface area contributed by atoms with Gasteiger partial charge in [0, 0.05) is 20.6 Å². The van der Waals surface area contributed by atoms with Crippen molar-refractivity contribution in [3.63, 3.8) is 0 Å². The van der Waals surface area contributed by atoms with E-state index in [1.807, 2.05) is 0 Å². The summed E-state index contributed by atoms with van der Waals surface area (Å²) in [6.45, 7) is 1.93. The molecule has 0 aromatic carbocycles. The van der Waals surface area contributed by atoms with Gasteiger partial charge >= 0.3 is 7.82 Å². The molecule has 0 heterocycles. The van der Waals surface area contributed by atoms with Crippen LogP contribution in [0.25, 0.3) is 0 Å². The zero-order valence-corrected chi connectivity index (χ0v) is 11.8. The monoisotopic (exact) mass is 266 g/mol. The normalized spacial score (nSPS) is 11.7. The highest BCUT2D eigenvalue weighted by Crippen LogP contribution is 2.47. The van der Waals surface area contributed by atoms with Crippen LogP contribution in [-0.2, 0) is 22.9 Å². The van der Waals surface area contributed by atoms with E-state index >= 15 is 0 Å². The fraction of sp³-hybridized carbons (Fsp3) is 0.909. The molecule has 0 N–H and O–H groups in total. The smallest absolute Gasteiger partial charge is 0.297 e. The summed E-state index contributed by atoms with van der Waals surface area (Å²) in [6, 6.07) is 0. The van der Waals surface area contributed by atoms with E-state index in [1.54, 1.807) is 0 Å². The van der Waals surface area contributed by atoms with Crippen LogP contribution < -0.4 is 0 Å². The summed E-state index contributed by atoms with van der Waals surface area (Å²) in [5.41, 5.74) is 0. The summed E-state index contributed by atoms with van der Waals surface area (Å²) < 4.78 is 25.4. The number of phosphoric acid groups is 1. The molecular weight excluding hydrogens is 243 g/mol. The fourth-order valence-corrected chi connectivity index (χ4v) is 1.99. The van der Waals surface area contributed by atoms with Crippen molar-refractivity contribution >= 4 is 13.6 Å². The van der Waals surface area contributed by atoms with E-state index in [0.717, 1.165) is 19.3 Å². The van der Waals surface area contributed by atoms with Crippen molar-refractivity contribution in [2.45, 2.75) is 45.4 Å². The van der Waals surface area contributed by atoms with Crippen molar-refractivity contribution in [3.8, 4) is 0 Å². The van der Waals surface area contributed by atoms with Crippen LogP contribution in [0.2, 0.25) is 0 Å². The Kier molecular flexibility index (Phi) is 9.65. The molecule has 0 atom stereocenters. The summed E-state index contributed by atoms with van der Waals surface area (Å²) in [4.78, 5) is 11.4. The minimum absolute atomic E-state index is 0.0733. The molecule has 0 amide bonds. The van der Waals surface area contributed by atoms with Crippen LogP contribution in [-0.4, -0.2) is 26.6 Å². The molecule has 0 aliphatic heterocycles. The average Bonchev–Trinajstić information content (AvgIpc) is 2.35. The van der Waals surface area contributed by atoms with Gasteiger partial charge in [-0.3, -0.25) is 18.4 Å². The van der Waals surface area contributed by atoms with Crippen molar-refractivity contribution in [1.82, 2.24) is 0 Å². The molecule has 6 heteroatoms. The van der Waals surface area contributed by atoms with Gasteiger partial charge in [0.15, 0.2) is 5.78 Å². The summed E-state index contributed by atoms with van der Waals surface area (Å²) >= 11 is 0. The molecule has 0 saturated heterocycles. The lowest BCUT2D eigenvalue weighted by molar-refractivity contribution is -0.121. The topological polar surface area (TPSA) is 61.8 Å². The lowest BCUT2D eigenvalue weighted by Crippen LogP contribution is -2.08. The number of Topliss-reactive ketones (excluding diaryl/α,β-unsaturated/α-hetero) is 1. The number of hydrogen-bond acceptors (Lipinski definition) is 5. The van der Waals surface area contributed by atoms with Gasteiger partial charge < -0.3 is 0 Å². The third-order valence-corrected chi connectivity index (χ3v) is 3.73. The number of carbonyl (C=O) groups is 1. The number of ketones is 1.